The fourth-order valence-corrected chi connectivity index (χ4v) is 2.61. The third-order valence-corrected chi connectivity index (χ3v) is 4.15. The molecule has 20 heavy (non-hydrogen) atoms. The Labute approximate surface area is 119 Å². The highest BCUT2D eigenvalue weighted by Gasteiger charge is 2.50. The molecule has 0 heterocycles. The topological polar surface area (TPSA) is 64.4 Å². The van der Waals surface area contributed by atoms with Gasteiger partial charge in [0.05, 0.1) is 4.92 Å². The van der Waals surface area contributed by atoms with Crippen molar-refractivity contribution in [3.8, 4) is 5.75 Å². The van der Waals surface area contributed by atoms with Crippen molar-refractivity contribution < 1.29 is 9.66 Å². The summed E-state index contributed by atoms with van der Waals surface area (Å²) < 4.78 is 5.89. The average Bonchev–Trinajstić information content (AvgIpc) is 2.42. The first kappa shape index (κ1) is 14.8. The summed E-state index contributed by atoms with van der Waals surface area (Å²) in [7, 11) is 0. The predicted octanol–water partition coefficient (Wildman–Crippen LogP) is 3.14. The third kappa shape index (κ3) is 2.77. The molecule has 0 aliphatic heterocycles. The quantitative estimate of drug-likeness (QED) is 0.641. The van der Waals surface area contributed by atoms with Crippen LogP contribution in [0.15, 0.2) is 24.3 Å². The fourth-order valence-electron chi connectivity index (χ4n) is 2.61. The fraction of sp³-hybridized carbons (Fsp3) is 0.600. The molecule has 5 heteroatoms. The van der Waals surface area contributed by atoms with E-state index in [0.29, 0.717) is 11.8 Å². The van der Waals surface area contributed by atoms with Crippen LogP contribution >= 0.6 is 0 Å². The van der Waals surface area contributed by atoms with Gasteiger partial charge in [-0.15, -0.1) is 0 Å². The third-order valence-electron chi connectivity index (χ3n) is 4.15. The Balaban J connectivity index is 2.04. The molecule has 1 fully saturated rings. The molecule has 0 aromatic heterocycles. The number of nitrogens with zero attached hydrogens (tertiary/aromatic N) is 1. The highest BCUT2D eigenvalue weighted by molar-refractivity contribution is 5.46. The molecule has 0 spiro atoms. The van der Waals surface area contributed by atoms with E-state index < -0.39 is 4.92 Å². The SMILES string of the molecule is CCCNC1CC(Oc2ccccc2[N+](=O)[O-])C1(C)C. The van der Waals surface area contributed by atoms with Crippen LogP contribution in [0.4, 0.5) is 5.69 Å². The summed E-state index contributed by atoms with van der Waals surface area (Å²) in [5.41, 5.74) is 0.0204. The Kier molecular flexibility index (Phi) is 4.28. The van der Waals surface area contributed by atoms with Crippen LogP contribution in [0, 0.1) is 15.5 Å². The molecule has 1 N–H and O–H groups in total. The second-order valence-corrected chi connectivity index (χ2v) is 5.90. The lowest BCUT2D eigenvalue weighted by Crippen LogP contribution is -2.62. The van der Waals surface area contributed by atoms with Crippen LogP contribution in [0.1, 0.15) is 33.6 Å². The molecule has 1 aliphatic rings. The van der Waals surface area contributed by atoms with Gasteiger partial charge in [-0.05, 0) is 19.0 Å². The largest absolute Gasteiger partial charge is 0.483 e. The molecule has 2 unspecified atom stereocenters. The van der Waals surface area contributed by atoms with Gasteiger partial charge in [-0.2, -0.15) is 0 Å². The van der Waals surface area contributed by atoms with Crippen molar-refractivity contribution in [1.29, 1.82) is 0 Å². The number of hydrogen-bond donors (Lipinski definition) is 1. The highest BCUT2D eigenvalue weighted by Crippen LogP contribution is 2.44. The van der Waals surface area contributed by atoms with Crippen LogP contribution in [0.3, 0.4) is 0 Å². The van der Waals surface area contributed by atoms with Gasteiger partial charge in [-0.3, -0.25) is 10.1 Å². The Morgan fingerprint density at radius 2 is 2.15 bits per heavy atom. The number of rotatable bonds is 6. The zero-order valence-corrected chi connectivity index (χ0v) is 12.3. The van der Waals surface area contributed by atoms with Crippen molar-refractivity contribution in [2.75, 3.05) is 6.54 Å². The van der Waals surface area contributed by atoms with Gasteiger partial charge in [0.15, 0.2) is 5.75 Å². The van der Waals surface area contributed by atoms with Crippen LogP contribution in [0.25, 0.3) is 0 Å². The number of nitro groups is 1. The molecule has 1 aromatic rings. The zero-order chi connectivity index (χ0) is 14.8. The number of para-hydroxylation sites is 2. The molecule has 1 aromatic carbocycles. The van der Waals surface area contributed by atoms with Gasteiger partial charge in [0.25, 0.3) is 0 Å². The summed E-state index contributed by atoms with van der Waals surface area (Å²) in [6.45, 7) is 7.42. The van der Waals surface area contributed by atoms with Crippen LogP contribution in [0.2, 0.25) is 0 Å². The molecule has 0 bridgehead atoms. The van der Waals surface area contributed by atoms with E-state index in [4.69, 9.17) is 4.74 Å². The first-order valence-electron chi connectivity index (χ1n) is 7.10. The molecule has 0 radical (unpaired) electrons. The molecule has 5 nitrogen and oxygen atoms in total. The molecule has 0 saturated heterocycles. The van der Waals surface area contributed by atoms with Crippen LogP contribution in [-0.2, 0) is 0 Å². The molecule has 110 valence electrons. The Morgan fingerprint density at radius 1 is 1.45 bits per heavy atom. The van der Waals surface area contributed by atoms with Crippen molar-refractivity contribution in [1.82, 2.24) is 5.32 Å². The Morgan fingerprint density at radius 3 is 2.75 bits per heavy atom. The van der Waals surface area contributed by atoms with Crippen molar-refractivity contribution >= 4 is 5.69 Å². The monoisotopic (exact) mass is 278 g/mol. The van der Waals surface area contributed by atoms with E-state index in [1.54, 1.807) is 18.2 Å². The maximum Gasteiger partial charge on any atom is 0.310 e. The molecule has 2 atom stereocenters. The van der Waals surface area contributed by atoms with Gasteiger partial charge in [0, 0.05) is 23.9 Å². The summed E-state index contributed by atoms with van der Waals surface area (Å²) in [6, 6.07) is 6.98. The lowest BCUT2D eigenvalue weighted by atomic mass is 9.64. The van der Waals surface area contributed by atoms with Crippen LogP contribution < -0.4 is 10.1 Å². The molecule has 0 amide bonds. The van der Waals surface area contributed by atoms with Crippen LogP contribution in [-0.4, -0.2) is 23.6 Å². The van der Waals surface area contributed by atoms with Crippen molar-refractivity contribution in [2.24, 2.45) is 5.41 Å². The van der Waals surface area contributed by atoms with E-state index in [1.807, 2.05) is 0 Å². The highest BCUT2D eigenvalue weighted by atomic mass is 16.6. The van der Waals surface area contributed by atoms with Gasteiger partial charge in [-0.25, -0.2) is 0 Å². The number of ether oxygens (including phenoxy) is 1. The summed E-state index contributed by atoms with van der Waals surface area (Å²) in [5.74, 6) is 0.365. The first-order valence-corrected chi connectivity index (χ1v) is 7.10. The maximum absolute atomic E-state index is 11.0. The second-order valence-electron chi connectivity index (χ2n) is 5.90. The van der Waals surface area contributed by atoms with Crippen LogP contribution in [0.5, 0.6) is 5.75 Å². The van der Waals surface area contributed by atoms with Gasteiger partial charge in [-0.1, -0.05) is 32.9 Å². The lowest BCUT2D eigenvalue weighted by Gasteiger charge is -2.51. The normalized spacial score (nSPS) is 23.9. The molecule has 1 aliphatic carbocycles. The summed E-state index contributed by atoms with van der Waals surface area (Å²) in [6.07, 6.45) is 2.00. The van der Waals surface area contributed by atoms with E-state index in [0.717, 1.165) is 19.4 Å². The molecular formula is C15H22N2O3. The van der Waals surface area contributed by atoms with E-state index >= 15 is 0 Å². The van der Waals surface area contributed by atoms with Gasteiger partial charge in [0.2, 0.25) is 0 Å². The summed E-state index contributed by atoms with van der Waals surface area (Å²) >= 11 is 0. The first-order chi connectivity index (χ1) is 9.46. The van der Waals surface area contributed by atoms with Crippen molar-refractivity contribution in [2.45, 2.75) is 45.8 Å². The molecule has 2 rings (SSSR count). The Bertz CT molecular complexity index is 488. The minimum Gasteiger partial charge on any atom is -0.483 e. The molecule has 1 saturated carbocycles. The predicted molar refractivity (Wildman–Crippen MR) is 78.0 cm³/mol. The Hall–Kier alpha value is -1.62. The minimum atomic E-state index is -0.395. The number of hydrogen-bond acceptors (Lipinski definition) is 4. The second kappa shape index (κ2) is 5.79. The van der Waals surface area contributed by atoms with Crippen molar-refractivity contribution in [3.05, 3.63) is 34.4 Å². The summed E-state index contributed by atoms with van der Waals surface area (Å²) in [5, 5.41) is 14.5. The van der Waals surface area contributed by atoms with E-state index in [2.05, 4.69) is 26.1 Å². The average molecular weight is 278 g/mol. The minimum absolute atomic E-state index is 0.0120. The van der Waals surface area contributed by atoms with Gasteiger partial charge >= 0.3 is 5.69 Å². The number of benzene rings is 1. The van der Waals surface area contributed by atoms with E-state index in [9.17, 15) is 10.1 Å². The standard InChI is InChI=1S/C15H22N2O3/c1-4-9-16-13-10-14(15(13,2)3)20-12-8-6-5-7-11(12)17(18)19/h5-8,13-14,16H,4,9-10H2,1-3H3. The van der Waals surface area contributed by atoms with Gasteiger partial charge in [0.1, 0.15) is 6.10 Å². The maximum atomic E-state index is 11.0. The number of nitrogens with one attached hydrogen (secondary N) is 1. The van der Waals surface area contributed by atoms with Gasteiger partial charge < -0.3 is 10.1 Å². The lowest BCUT2D eigenvalue weighted by molar-refractivity contribution is -0.386. The van der Waals surface area contributed by atoms with Crippen molar-refractivity contribution in [3.63, 3.8) is 0 Å². The van der Waals surface area contributed by atoms with E-state index in [1.165, 1.54) is 6.07 Å². The van der Waals surface area contributed by atoms with E-state index in [-0.39, 0.29) is 17.2 Å². The number of nitro benzene ring substituents is 1. The smallest absolute Gasteiger partial charge is 0.310 e. The summed E-state index contributed by atoms with van der Waals surface area (Å²) in [4.78, 5) is 10.6. The zero-order valence-electron chi connectivity index (χ0n) is 12.3. The molecular weight excluding hydrogens is 256 g/mol.